The second kappa shape index (κ2) is 17.8. The molecule has 6 heteroatoms. The maximum atomic E-state index is 10.8. The van der Waals surface area contributed by atoms with Crippen LogP contribution in [0.2, 0.25) is 0 Å². The van der Waals surface area contributed by atoms with Crippen LogP contribution in [-0.2, 0) is 9.59 Å². The first-order valence-corrected chi connectivity index (χ1v) is 8.26. The molecule has 128 valence electrons. The van der Waals surface area contributed by atoms with Crippen molar-refractivity contribution < 1.29 is 19.8 Å². The van der Waals surface area contributed by atoms with Crippen molar-refractivity contribution in [3.8, 4) is 0 Å². The molecule has 0 aliphatic carbocycles. The monoisotopic (exact) mass is 441 g/mol. The van der Waals surface area contributed by atoms with Gasteiger partial charge in [-0.25, -0.2) is 0 Å². The van der Waals surface area contributed by atoms with E-state index in [0.29, 0.717) is 6.54 Å². The number of hydrogen-bond acceptors (Lipinski definition) is 3. The van der Waals surface area contributed by atoms with Gasteiger partial charge in [0.25, 0.3) is 0 Å². The first-order valence-electron chi connectivity index (χ1n) is 8.26. The average Bonchev–Trinajstić information content (AvgIpc) is 2.42. The van der Waals surface area contributed by atoms with E-state index in [1.807, 2.05) is 0 Å². The molecule has 22 heavy (non-hydrogen) atoms. The van der Waals surface area contributed by atoms with E-state index in [1.165, 1.54) is 51.4 Å². The van der Waals surface area contributed by atoms with Gasteiger partial charge in [0, 0.05) is 0 Å². The Morgan fingerprint density at radius 2 is 1.32 bits per heavy atom. The summed E-state index contributed by atoms with van der Waals surface area (Å²) in [6, 6.07) is -0.971. The number of hydrogen-bond donors (Lipinski definition) is 3. The molecule has 0 aromatic heterocycles. The van der Waals surface area contributed by atoms with Crippen LogP contribution in [0.4, 0.5) is 0 Å². The van der Waals surface area contributed by atoms with Gasteiger partial charge in [0.05, 0.1) is 6.42 Å². The molecule has 0 radical (unpaired) electrons. The summed E-state index contributed by atoms with van der Waals surface area (Å²) in [4.78, 5) is 21.3. The molecule has 0 bridgehead atoms. The van der Waals surface area contributed by atoms with Crippen LogP contribution in [0.15, 0.2) is 0 Å². The van der Waals surface area contributed by atoms with Crippen molar-refractivity contribution in [3.05, 3.63) is 0 Å². The molecule has 0 rings (SSSR count). The van der Waals surface area contributed by atoms with Gasteiger partial charge >= 0.3 is 60.8 Å². The zero-order valence-corrected chi connectivity index (χ0v) is 13.3. The van der Waals surface area contributed by atoms with Crippen LogP contribution >= 0.6 is 0 Å². The van der Waals surface area contributed by atoms with Crippen LogP contribution in [0.3, 0.4) is 0 Å². The van der Waals surface area contributed by atoms with E-state index in [-0.39, 0.29) is 55.3 Å². The summed E-state index contributed by atoms with van der Waals surface area (Å²) in [6.07, 6.45) is 11.9. The second-order valence-corrected chi connectivity index (χ2v) is 5.62. The minimum atomic E-state index is -1.09. The van der Waals surface area contributed by atoms with Crippen LogP contribution in [0.25, 0.3) is 0 Å². The van der Waals surface area contributed by atoms with E-state index in [9.17, 15) is 9.59 Å². The Hall–Kier alpha value is 0.471. The number of carboxylic acids is 2. The summed E-state index contributed by atoms with van der Waals surface area (Å²) in [5, 5.41) is 20.3. The molecule has 0 aliphatic rings. The molecule has 0 aromatic carbocycles. The first kappa shape index (κ1) is 24.7. The van der Waals surface area contributed by atoms with Crippen LogP contribution in [0, 0.1) is 0 Å². The first-order chi connectivity index (χ1) is 10.1. The van der Waals surface area contributed by atoms with Crippen molar-refractivity contribution in [2.24, 2.45) is 0 Å². The third-order valence-electron chi connectivity index (χ3n) is 3.60. The van der Waals surface area contributed by atoms with Gasteiger partial charge < -0.3 is 15.5 Å². The van der Waals surface area contributed by atoms with Crippen LogP contribution in [0.5, 0.6) is 0 Å². The third-order valence-corrected chi connectivity index (χ3v) is 3.60. The van der Waals surface area contributed by atoms with Gasteiger partial charge in [0.1, 0.15) is 6.04 Å². The maximum absolute atomic E-state index is 10.8. The van der Waals surface area contributed by atoms with Crippen LogP contribution < -0.4 is 5.32 Å². The second-order valence-electron chi connectivity index (χ2n) is 5.62. The molecule has 5 nitrogen and oxygen atoms in total. The molecule has 0 unspecified atom stereocenters. The molecule has 0 saturated carbocycles. The van der Waals surface area contributed by atoms with Crippen molar-refractivity contribution in [1.29, 1.82) is 0 Å². The van der Waals surface area contributed by atoms with Crippen LogP contribution in [-0.4, -0.2) is 83.6 Å². The van der Waals surface area contributed by atoms with E-state index >= 15 is 0 Å². The molecule has 0 fully saturated rings. The zero-order chi connectivity index (χ0) is 15.9. The van der Waals surface area contributed by atoms with Crippen molar-refractivity contribution in [3.63, 3.8) is 0 Å². The zero-order valence-electron chi connectivity index (χ0n) is 13.3. The van der Waals surface area contributed by atoms with Crippen LogP contribution in [0.1, 0.15) is 77.6 Å². The Balaban J connectivity index is 0. The molecule has 1 atom stereocenters. The van der Waals surface area contributed by atoms with Gasteiger partial charge in [0.2, 0.25) is 0 Å². The summed E-state index contributed by atoms with van der Waals surface area (Å²) >= 11 is 0. The predicted molar refractivity (Wildman–Crippen MR) is 92.1 cm³/mol. The normalized spacial score (nSPS) is 11.7. The fourth-order valence-corrected chi connectivity index (χ4v) is 2.31. The molecule has 0 amide bonds. The van der Waals surface area contributed by atoms with E-state index in [0.717, 1.165) is 12.8 Å². The Bertz CT molecular complexity index is 287. The molecule has 0 saturated heterocycles. The van der Waals surface area contributed by atoms with Crippen molar-refractivity contribution in [1.82, 2.24) is 5.32 Å². The summed E-state index contributed by atoms with van der Waals surface area (Å²) in [5.74, 6) is -2.18. The molecule has 3 N–H and O–H groups in total. The van der Waals surface area contributed by atoms with Gasteiger partial charge in [-0.3, -0.25) is 9.59 Å². The number of carbonyl (C=O) groups is 2. The number of carboxylic acid groups (broad SMARTS) is 2. The fourth-order valence-electron chi connectivity index (χ4n) is 2.31. The molecular weight excluding hydrogens is 408 g/mol. The van der Waals surface area contributed by atoms with E-state index in [4.69, 9.17) is 10.2 Å². The molecule has 0 aliphatic heterocycles. The summed E-state index contributed by atoms with van der Waals surface area (Å²) < 4.78 is 0. The molecule has 0 aromatic rings. The molecular formula is C16H33BaNO4. The Labute approximate surface area is 174 Å². The van der Waals surface area contributed by atoms with E-state index in [1.54, 1.807) is 0 Å². The van der Waals surface area contributed by atoms with Gasteiger partial charge in [-0.1, -0.05) is 64.7 Å². The van der Waals surface area contributed by atoms with Crippen molar-refractivity contribution in [2.75, 3.05) is 6.54 Å². The minimum absolute atomic E-state index is 0. The van der Waals surface area contributed by atoms with Gasteiger partial charge in [0.15, 0.2) is 0 Å². The number of rotatable bonds is 15. The van der Waals surface area contributed by atoms with E-state index < -0.39 is 18.0 Å². The van der Waals surface area contributed by atoms with Crippen molar-refractivity contribution >= 4 is 60.8 Å². The Morgan fingerprint density at radius 1 is 0.864 bits per heavy atom. The summed E-state index contributed by atoms with van der Waals surface area (Å²) in [6.45, 7) is 2.79. The predicted octanol–water partition coefficient (Wildman–Crippen LogP) is 2.51. The van der Waals surface area contributed by atoms with Crippen molar-refractivity contribution in [2.45, 2.75) is 83.6 Å². The topological polar surface area (TPSA) is 86.6 Å². The average molecular weight is 441 g/mol. The Morgan fingerprint density at radius 3 is 1.73 bits per heavy atom. The summed E-state index contributed by atoms with van der Waals surface area (Å²) in [7, 11) is 0. The van der Waals surface area contributed by atoms with Gasteiger partial charge in [-0.15, -0.1) is 0 Å². The molecule has 0 heterocycles. The Kier molecular flexibility index (Phi) is 20.0. The number of unbranched alkanes of at least 4 members (excludes halogenated alkanes) is 9. The SMILES string of the molecule is CCCCCCCCCCCCN[C@@H](CC(=O)O)C(=O)O.[BaH2]. The number of nitrogens with one attached hydrogen (secondary N) is 1. The van der Waals surface area contributed by atoms with Gasteiger partial charge in [-0.2, -0.15) is 0 Å². The van der Waals surface area contributed by atoms with E-state index in [2.05, 4.69) is 12.2 Å². The quantitative estimate of drug-likeness (QED) is 0.269. The molecule has 0 spiro atoms. The number of aliphatic carboxylic acids is 2. The summed E-state index contributed by atoms with van der Waals surface area (Å²) in [5.41, 5.74) is 0. The standard InChI is InChI=1S/C16H31NO4.Ba.2H/c1-2-3-4-5-6-7-8-9-10-11-12-17-14(16(20)21)13-15(18)19;;;/h14,17H,2-13H2,1H3,(H,18,19)(H,20,21);;;/t14-;;;/m0.../s1. The third kappa shape index (κ3) is 16.8. The fraction of sp³-hybridized carbons (Fsp3) is 0.875. The van der Waals surface area contributed by atoms with Gasteiger partial charge in [-0.05, 0) is 13.0 Å².